The molecule has 106 valence electrons. The van der Waals surface area contributed by atoms with E-state index >= 15 is 0 Å². The molecule has 1 aromatic heterocycles. The topological polar surface area (TPSA) is 34.1 Å². The van der Waals surface area contributed by atoms with E-state index in [0.717, 1.165) is 23.4 Å². The van der Waals surface area contributed by atoms with Crippen molar-refractivity contribution in [1.82, 2.24) is 4.98 Å². The molecule has 1 N–H and O–H groups in total. The number of pyridine rings is 1. The molecule has 0 aliphatic carbocycles. The molecule has 0 aliphatic rings. The summed E-state index contributed by atoms with van der Waals surface area (Å²) in [5.41, 5.74) is 2.04. The van der Waals surface area contributed by atoms with Gasteiger partial charge in [-0.1, -0.05) is 24.6 Å². The Balaban J connectivity index is 2.00. The van der Waals surface area contributed by atoms with Gasteiger partial charge in [-0.3, -0.25) is 4.98 Å². The van der Waals surface area contributed by atoms with Gasteiger partial charge < -0.3 is 10.1 Å². The lowest BCUT2D eigenvalue weighted by atomic mass is 10.2. The Bertz CT molecular complexity index is 560. The molecule has 2 rings (SSSR count). The predicted molar refractivity (Wildman–Crippen MR) is 83.4 cm³/mol. The van der Waals surface area contributed by atoms with E-state index in [9.17, 15) is 0 Å². The molecule has 3 nitrogen and oxygen atoms in total. The summed E-state index contributed by atoms with van der Waals surface area (Å²) in [6, 6.07) is 9.87. The molecule has 0 saturated carbocycles. The summed E-state index contributed by atoms with van der Waals surface area (Å²) >= 11 is 6.08. The third-order valence-electron chi connectivity index (χ3n) is 3.09. The summed E-state index contributed by atoms with van der Waals surface area (Å²) in [5.74, 6) is 0.880. The van der Waals surface area contributed by atoms with Gasteiger partial charge in [0.25, 0.3) is 0 Å². The van der Waals surface area contributed by atoms with E-state index in [-0.39, 0.29) is 6.10 Å². The fourth-order valence-electron chi connectivity index (χ4n) is 1.74. The standard InChI is InChI=1S/C16H19ClN2O/c1-3-12(2)20-15-6-4-5-14(9-15)19-10-13-7-8-18-11-16(13)17/h4-9,11-12,19H,3,10H2,1-2H3. The van der Waals surface area contributed by atoms with E-state index in [4.69, 9.17) is 16.3 Å². The smallest absolute Gasteiger partial charge is 0.121 e. The zero-order valence-corrected chi connectivity index (χ0v) is 12.5. The number of benzene rings is 1. The number of nitrogens with zero attached hydrogens (tertiary/aromatic N) is 1. The van der Waals surface area contributed by atoms with E-state index in [1.807, 2.05) is 30.3 Å². The second-order valence-electron chi connectivity index (χ2n) is 4.69. The first-order valence-corrected chi connectivity index (χ1v) is 7.16. The van der Waals surface area contributed by atoms with Gasteiger partial charge in [0.15, 0.2) is 0 Å². The van der Waals surface area contributed by atoms with Crippen LogP contribution in [0.25, 0.3) is 0 Å². The van der Waals surface area contributed by atoms with Gasteiger partial charge in [-0.25, -0.2) is 0 Å². The number of nitrogens with one attached hydrogen (secondary N) is 1. The van der Waals surface area contributed by atoms with Crippen molar-refractivity contribution in [3.8, 4) is 5.75 Å². The van der Waals surface area contributed by atoms with Gasteiger partial charge in [0, 0.05) is 30.7 Å². The molecule has 2 aromatic rings. The number of hydrogen-bond acceptors (Lipinski definition) is 3. The number of ether oxygens (including phenoxy) is 1. The molecule has 0 aliphatic heterocycles. The fourth-order valence-corrected chi connectivity index (χ4v) is 1.93. The Morgan fingerprint density at radius 2 is 2.20 bits per heavy atom. The zero-order chi connectivity index (χ0) is 14.4. The van der Waals surface area contributed by atoms with Crippen LogP contribution in [0.4, 0.5) is 5.69 Å². The fraction of sp³-hybridized carbons (Fsp3) is 0.312. The first-order valence-electron chi connectivity index (χ1n) is 6.78. The number of halogens is 1. The Labute approximate surface area is 124 Å². The minimum Gasteiger partial charge on any atom is -0.491 e. The summed E-state index contributed by atoms with van der Waals surface area (Å²) in [4.78, 5) is 3.98. The van der Waals surface area contributed by atoms with Crippen molar-refractivity contribution in [2.45, 2.75) is 32.9 Å². The molecule has 4 heteroatoms. The molecule has 1 heterocycles. The minimum atomic E-state index is 0.222. The molecule has 1 aromatic carbocycles. The molecule has 0 spiro atoms. The van der Waals surface area contributed by atoms with Crippen LogP contribution in [0.1, 0.15) is 25.8 Å². The Kier molecular flexibility index (Phi) is 5.24. The van der Waals surface area contributed by atoms with E-state index in [2.05, 4.69) is 24.1 Å². The monoisotopic (exact) mass is 290 g/mol. The molecule has 1 atom stereocenters. The van der Waals surface area contributed by atoms with Crippen LogP contribution < -0.4 is 10.1 Å². The van der Waals surface area contributed by atoms with Gasteiger partial charge in [0.1, 0.15) is 5.75 Å². The third kappa shape index (κ3) is 4.14. The number of hydrogen-bond donors (Lipinski definition) is 1. The van der Waals surface area contributed by atoms with Crippen LogP contribution in [-0.2, 0) is 6.54 Å². The van der Waals surface area contributed by atoms with Crippen molar-refractivity contribution in [2.24, 2.45) is 0 Å². The van der Waals surface area contributed by atoms with Gasteiger partial charge in [-0.2, -0.15) is 0 Å². The molecule has 1 unspecified atom stereocenters. The van der Waals surface area contributed by atoms with Crippen molar-refractivity contribution >= 4 is 17.3 Å². The molecule has 0 radical (unpaired) electrons. The third-order valence-corrected chi connectivity index (χ3v) is 3.43. The first-order chi connectivity index (χ1) is 9.69. The van der Waals surface area contributed by atoms with Crippen LogP contribution in [0.15, 0.2) is 42.7 Å². The van der Waals surface area contributed by atoms with Crippen LogP contribution in [0.3, 0.4) is 0 Å². The number of rotatable bonds is 6. The average molecular weight is 291 g/mol. The highest BCUT2D eigenvalue weighted by atomic mass is 35.5. The van der Waals surface area contributed by atoms with Crippen LogP contribution in [0.2, 0.25) is 5.02 Å². The highest BCUT2D eigenvalue weighted by molar-refractivity contribution is 6.31. The predicted octanol–water partition coefficient (Wildman–Crippen LogP) is 4.52. The van der Waals surface area contributed by atoms with Crippen molar-refractivity contribution < 1.29 is 4.74 Å². The van der Waals surface area contributed by atoms with Crippen molar-refractivity contribution in [3.63, 3.8) is 0 Å². The summed E-state index contributed by atoms with van der Waals surface area (Å²) in [7, 11) is 0. The highest BCUT2D eigenvalue weighted by Crippen LogP contribution is 2.21. The van der Waals surface area contributed by atoms with Crippen LogP contribution >= 0.6 is 11.6 Å². The Morgan fingerprint density at radius 1 is 1.35 bits per heavy atom. The quantitative estimate of drug-likeness (QED) is 0.849. The van der Waals surface area contributed by atoms with Crippen molar-refractivity contribution in [1.29, 1.82) is 0 Å². The largest absolute Gasteiger partial charge is 0.491 e. The van der Waals surface area contributed by atoms with Gasteiger partial charge in [0.2, 0.25) is 0 Å². The minimum absolute atomic E-state index is 0.222. The Hall–Kier alpha value is -1.74. The Morgan fingerprint density at radius 3 is 2.95 bits per heavy atom. The summed E-state index contributed by atoms with van der Waals surface area (Å²) in [6.07, 6.45) is 4.61. The van der Waals surface area contributed by atoms with Gasteiger partial charge in [0.05, 0.1) is 11.1 Å². The molecule has 0 fully saturated rings. The maximum absolute atomic E-state index is 6.08. The zero-order valence-electron chi connectivity index (χ0n) is 11.8. The lowest BCUT2D eigenvalue weighted by Gasteiger charge is -2.14. The highest BCUT2D eigenvalue weighted by Gasteiger charge is 2.03. The van der Waals surface area contributed by atoms with Crippen LogP contribution in [-0.4, -0.2) is 11.1 Å². The lowest BCUT2D eigenvalue weighted by molar-refractivity contribution is 0.217. The van der Waals surface area contributed by atoms with E-state index in [1.54, 1.807) is 12.4 Å². The normalized spacial score (nSPS) is 11.9. The maximum atomic E-state index is 6.08. The van der Waals surface area contributed by atoms with Crippen molar-refractivity contribution in [3.05, 3.63) is 53.3 Å². The van der Waals surface area contributed by atoms with E-state index < -0.39 is 0 Å². The van der Waals surface area contributed by atoms with Crippen LogP contribution in [0, 0.1) is 0 Å². The molecule has 0 amide bonds. The van der Waals surface area contributed by atoms with Gasteiger partial charge in [-0.05, 0) is 37.1 Å². The number of aromatic nitrogens is 1. The van der Waals surface area contributed by atoms with E-state index in [0.29, 0.717) is 11.6 Å². The second-order valence-corrected chi connectivity index (χ2v) is 5.09. The van der Waals surface area contributed by atoms with Gasteiger partial charge in [-0.15, -0.1) is 0 Å². The summed E-state index contributed by atoms with van der Waals surface area (Å²) in [6.45, 7) is 4.84. The van der Waals surface area contributed by atoms with Crippen molar-refractivity contribution in [2.75, 3.05) is 5.32 Å². The first kappa shape index (κ1) is 14.7. The second kappa shape index (κ2) is 7.15. The molecular weight excluding hydrogens is 272 g/mol. The SMILES string of the molecule is CCC(C)Oc1cccc(NCc2ccncc2Cl)c1. The number of anilines is 1. The average Bonchev–Trinajstić information content (AvgIpc) is 2.47. The molecular formula is C16H19ClN2O. The maximum Gasteiger partial charge on any atom is 0.121 e. The van der Waals surface area contributed by atoms with Crippen LogP contribution in [0.5, 0.6) is 5.75 Å². The molecule has 0 bridgehead atoms. The molecule has 20 heavy (non-hydrogen) atoms. The summed E-state index contributed by atoms with van der Waals surface area (Å²) < 4.78 is 5.80. The summed E-state index contributed by atoms with van der Waals surface area (Å²) in [5, 5.41) is 4.01. The molecule has 0 saturated heterocycles. The van der Waals surface area contributed by atoms with E-state index in [1.165, 1.54) is 0 Å². The lowest BCUT2D eigenvalue weighted by Crippen LogP contribution is -2.09. The van der Waals surface area contributed by atoms with Gasteiger partial charge >= 0.3 is 0 Å².